The second-order valence-electron chi connectivity index (χ2n) is 10.3. The lowest BCUT2D eigenvalue weighted by Gasteiger charge is -2.44. The highest BCUT2D eigenvalue weighted by atomic mass is 32.2. The number of hydrogen-bond acceptors (Lipinski definition) is 5. The first kappa shape index (κ1) is 31.0. The Labute approximate surface area is 212 Å². The molecule has 1 saturated carbocycles. The highest BCUT2D eigenvalue weighted by molar-refractivity contribution is 8.00. The largest absolute Gasteiger partial charge is 0.481 e. The zero-order valence-corrected chi connectivity index (χ0v) is 22.8. The van der Waals surface area contributed by atoms with Gasteiger partial charge in [-0.2, -0.15) is 0 Å². The van der Waals surface area contributed by atoms with Crippen LogP contribution in [0.2, 0.25) is 0 Å². The molecule has 0 aromatic heterocycles. The summed E-state index contributed by atoms with van der Waals surface area (Å²) in [5.74, 6) is -0.850. The number of carbonyl (C=O) groups is 2. The highest BCUT2D eigenvalue weighted by Crippen LogP contribution is 2.46. The fourth-order valence-corrected chi connectivity index (χ4v) is 6.31. The summed E-state index contributed by atoms with van der Waals surface area (Å²) >= 11 is 1.46. The molecule has 6 heteroatoms. The Kier molecular flexibility index (Phi) is 16.7. The Morgan fingerprint density at radius 1 is 1.03 bits per heavy atom. The summed E-state index contributed by atoms with van der Waals surface area (Å²) < 4.78 is 4.81. The molecule has 5 nitrogen and oxygen atoms in total. The van der Waals surface area contributed by atoms with Gasteiger partial charge in [0, 0.05) is 6.42 Å². The van der Waals surface area contributed by atoms with Gasteiger partial charge in [0.25, 0.3) is 0 Å². The molecular formula is C28H50O5S. The average molecular weight is 499 g/mol. The smallest absolute Gasteiger partial charge is 0.315 e. The van der Waals surface area contributed by atoms with E-state index in [4.69, 9.17) is 9.84 Å². The number of esters is 1. The molecule has 1 rings (SSSR count). The number of hydrogen-bond donors (Lipinski definition) is 2. The lowest BCUT2D eigenvalue weighted by atomic mass is 9.68. The summed E-state index contributed by atoms with van der Waals surface area (Å²) in [7, 11) is 1.39. The molecule has 198 valence electrons. The van der Waals surface area contributed by atoms with Crippen molar-refractivity contribution in [1.82, 2.24) is 0 Å². The number of allylic oxidation sites excluding steroid dienone is 1. The molecule has 0 aromatic rings. The van der Waals surface area contributed by atoms with Crippen molar-refractivity contribution >= 4 is 23.7 Å². The number of methoxy groups -OCH3 is 1. The molecule has 34 heavy (non-hydrogen) atoms. The Hall–Kier alpha value is -1.01. The van der Waals surface area contributed by atoms with E-state index >= 15 is 0 Å². The van der Waals surface area contributed by atoms with Crippen molar-refractivity contribution in [2.24, 2.45) is 5.41 Å². The predicted octanol–water partition coefficient (Wildman–Crippen LogP) is 7.30. The fourth-order valence-electron chi connectivity index (χ4n) is 4.93. The first-order valence-corrected chi connectivity index (χ1v) is 14.7. The third kappa shape index (κ3) is 12.6. The molecule has 1 aliphatic rings. The van der Waals surface area contributed by atoms with Gasteiger partial charge in [-0.15, -0.1) is 11.8 Å². The first-order valence-electron chi connectivity index (χ1n) is 13.6. The molecule has 1 fully saturated rings. The maximum Gasteiger partial charge on any atom is 0.315 e. The molecule has 0 saturated heterocycles. The Bertz CT molecular complexity index is 606. The van der Waals surface area contributed by atoms with Crippen LogP contribution in [0, 0.1) is 5.41 Å². The van der Waals surface area contributed by atoms with E-state index in [1.165, 1.54) is 95.1 Å². The van der Waals surface area contributed by atoms with Crippen LogP contribution in [-0.4, -0.2) is 46.4 Å². The van der Waals surface area contributed by atoms with Crippen LogP contribution in [0.4, 0.5) is 0 Å². The minimum Gasteiger partial charge on any atom is -0.481 e. The number of aliphatic carboxylic acids is 1. The van der Waals surface area contributed by atoms with Gasteiger partial charge in [-0.05, 0) is 43.9 Å². The highest BCUT2D eigenvalue weighted by Gasteiger charge is 2.43. The van der Waals surface area contributed by atoms with Crippen molar-refractivity contribution in [3.8, 4) is 0 Å². The number of thioether (sulfide) groups is 1. The minimum absolute atomic E-state index is 0.129. The van der Waals surface area contributed by atoms with Crippen LogP contribution in [0.3, 0.4) is 0 Å². The standard InChI is InChI=1S/C28H50O5S/c1-4-5-6-7-8-9-10-11-12-13-14-15-17-23-19-21-28(2,20-16-18-24(29)30)27(32)26(23)34-22-25(31)33-3/h17,26-27,32H,4-16,18-22H2,1-3H3,(H,29,30)/t26-,27-,28+/m0/s1. The first-order chi connectivity index (χ1) is 16.3. The van der Waals surface area contributed by atoms with E-state index in [0.29, 0.717) is 12.8 Å². The van der Waals surface area contributed by atoms with Gasteiger partial charge in [-0.3, -0.25) is 9.59 Å². The van der Waals surface area contributed by atoms with E-state index in [0.717, 1.165) is 19.3 Å². The van der Waals surface area contributed by atoms with Gasteiger partial charge in [0.15, 0.2) is 0 Å². The lowest BCUT2D eigenvalue weighted by Crippen LogP contribution is -2.45. The van der Waals surface area contributed by atoms with E-state index in [1.807, 2.05) is 0 Å². The number of aliphatic hydroxyl groups excluding tert-OH is 1. The molecule has 2 N–H and O–H groups in total. The third-order valence-corrected chi connectivity index (χ3v) is 8.63. The summed E-state index contributed by atoms with van der Waals surface area (Å²) in [6.07, 6.45) is 20.5. The molecule has 0 bridgehead atoms. The minimum atomic E-state index is -0.793. The summed E-state index contributed by atoms with van der Waals surface area (Å²) in [4.78, 5) is 22.7. The quantitative estimate of drug-likeness (QED) is 0.110. The van der Waals surface area contributed by atoms with E-state index in [-0.39, 0.29) is 28.8 Å². The van der Waals surface area contributed by atoms with E-state index < -0.39 is 12.1 Å². The van der Waals surface area contributed by atoms with Crippen molar-refractivity contribution in [3.63, 3.8) is 0 Å². The molecule has 1 aliphatic carbocycles. The number of rotatable bonds is 19. The molecule has 0 radical (unpaired) electrons. The Balaban J connectivity index is 2.46. The van der Waals surface area contributed by atoms with Gasteiger partial charge >= 0.3 is 11.9 Å². The van der Waals surface area contributed by atoms with Crippen molar-refractivity contribution in [1.29, 1.82) is 0 Å². The number of unbranched alkanes of at least 4 members (excludes halogenated alkanes) is 11. The Morgan fingerprint density at radius 3 is 2.18 bits per heavy atom. The van der Waals surface area contributed by atoms with E-state index in [9.17, 15) is 14.7 Å². The molecule has 3 atom stereocenters. The maximum atomic E-state index is 11.7. The molecular weight excluding hydrogens is 448 g/mol. The molecule has 0 unspecified atom stereocenters. The van der Waals surface area contributed by atoms with Crippen LogP contribution < -0.4 is 0 Å². The SMILES string of the molecule is CCCCCCCCCCCCCC=C1CC[C@@](C)(CCCC(=O)O)[C@@H](O)[C@H]1SCC(=O)OC. The van der Waals surface area contributed by atoms with Gasteiger partial charge < -0.3 is 14.9 Å². The third-order valence-electron chi connectivity index (χ3n) is 7.31. The van der Waals surface area contributed by atoms with Crippen molar-refractivity contribution < 1.29 is 24.5 Å². The zero-order valence-electron chi connectivity index (χ0n) is 22.0. The molecule has 0 amide bonds. The van der Waals surface area contributed by atoms with Gasteiger partial charge in [0.1, 0.15) is 0 Å². The zero-order chi connectivity index (χ0) is 25.2. The summed E-state index contributed by atoms with van der Waals surface area (Å²) in [5, 5.41) is 20.1. The van der Waals surface area contributed by atoms with E-state index in [2.05, 4.69) is 19.9 Å². The van der Waals surface area contributed by atoms with E-state index in [1.54, 1.807) is 0 Å². The summed E-state index contributed by atoms with van der Waals surface area (Å²) in [6, 6.07) is 0. The average Bonchev–Trinajstić information content (AvgIpc) is 2.81. The lowest BCUT2D eigenvalue weighted by molar-refractivity contribution is -0.138. The van der Waals surface area contributed by atoms with Crippen LogP contribution >= 0.6 is 11.8 Å². The van der Waals surface area contributed by atoms with Crippen LogP contribution in [0.1, 0.15) is 123 Å². The topological polar surface area (TPSA) is 83.8 Å². The fraction of sp³-hybridized carbons (Fsp3) is 0.857. The van der Waals surface area contributed by atoms with Crippen molar-refractivity contribution in [3.05, 3.63) is 11.6 Å². The van der Waals surface area contributed by atoms with Gasteiger partial charge in [0.2, 0.25) is 0 Å². The number of aliphatic hydroxyl groups is 1. The van der Waals surface area contributed by atoms with Gasteiger partial charge in [-0.25, -0.2) is 0 Å². The van der Waals surface area contributed by atoms with Gasteiger partial charge in [-0.1, -0.05) is 89.7 Å². The van der Waals surface area contributed by atoms with Crippen LogP contribution in [0.5, 0.6) is 0 Å². The van der Waals surface area contributed by atoms with Crippen LogP contribution in [-0.2, 0) is 14.3 Å². The second-order valence-corrected chi connectivity index (χ2v) is 11.4. The number of carboxylic acid groups (broad SMARTS) is 1. The van der Waals surface area contributed by atoms with Gasteiger partial charge in [0.05, 0.1) is 24.2 Å². The summed E-state index contributed by atoms with van der Waals surface area (Å²) in [5.41, 5.74) is 0.918. The normalized spacial score (nSPS) is 23.8. The van der Waals surface area contributed by atoms with Crippen molar-refractivity contribution in [2.75, 3.05) is 12.9 Å². The molecule has 0 aromatic carbocycles. The second kappa shape index (κ2) is 18.3. The molecule has 0 spiro atoms. The van der Waals surface area contributed by atoms with Crippen LogP contribution in [0.25, 0.3) is 0 Å². The number of carboxylic acids is 1. The van der Waals surface area contributed by atoms with Crippen molar-refractivity contribution in [2.45, 2.75) is 134 Å². The maximum absolute atomic E-state index is 11.7. The Morgan fingerprint density at radius 2 is 1.62 bits per heavy atom. The predicted molar refractivity (Wildman–Crippen MR) is 142 cm³/mol. The monoisotopic (exact) mass is 498 g/mol. The summed E-state index contributed by atoms with van der Waals surface area (Å²) in [6.45, 7) is 4.32. The number of ether oxygens (including phenoxy) is 1. The van der Waals surface area contributed by atoms with Crippen LogP contribution in [0.15, 0.2) is 11.6 Å². The molecule has 0 aliphatic heterocycles. The number of carbonyl (C=O) groups excluding carboxylic acids is 1. The molecule has 0 heterocycles.